The summed E-state index contributed by atoms with van der Waals surface area (Å²) in [6.07, 6.45) is 14.5. The summed E-state index contributed by atoms with van der Waals surface area (Å²) in [6.45, 7) is 2.07. The molecule has 0 aliphatic carbocycles. The van der Waals surface area contributed by atoms with Gasteiger partial charge in [-0.3, -0.25) is 4.99 Å². The predicted octanol–water partition coefficient (Wildman–Crippen LogP) is 1.97. The van der Waals surface area contributed by atoms with Crippen molar-refractivity contribution in [1.29, 1.82) is 0 Å². The summed E-state index contributed by atoms with van der Waals surface area (Å²) in [5, 5.41) is 5.52. The highest BCUT2D eigenvalue weighted by molar-refractivity contribution is 5.45. The molecule has 0 amide bonds. The van der Waals surface area contributed by atoms with Crippen LogP contribution in [0.4, 0.5) is 0 Å². The van der Waals surface area contributed by atoms with Crippen molar-refractivity contribution in [3.8, 4) is 0 Å². The zero-order chi connectivity index (χ0) is 13.1. The van der Waals surface area contributed by atoms with Crippen LogP contribution in [0.25, 0.3) is 6.08 Å². The maximum Gasteiger partial charge on any atom is 0.0713 e. The van der Waals surface area contributed by atoms with E-state index in [4.69, 9.17) is 4.99 Å². The van der Waals surface area contributed by atoms with Crippen LogP contribution in [0.3, 0.4) is 0 Å². The first-order valence-electron chi connectivity index (χ1n) is 6.47. The first-order chi connectivity index (χ1) is 9.34. The summed E-state index contributed by atoms with van der Waals surface area (Å²) in [5.74, 6) is 0. The van der Waals surface area contributed by atoms with Crippen LogP contribution < -0.4 is 15.9 Å². The van der Waals surface area contributed by atoms with Crippen LogP contribution >= 0.6 is 0 Å². The third kappa shape index (κ3) is 2.43. The van der Waals surface area contributed by atoms with Crippen molar-refractivity contribution in [2.45, 2.75) is 13.0 Å². The first-order valence-corrected chi connectivity index (χ1v) is 6.47. The Kier molecular flexibility index (Phi) is 3.15. The SMILES string of the molecule is CC1=C(C2C=CC=CN2)/C=C/C=c2/cccc/c2=N\1. The van der Waals surface area contributed by atoms with Crippen molar-refractivity contribution in [1.82, 2.24) is 5.32 Å². The maximum absolute atomic E-state index is 4.76. The number of nitrogens with zero attached hydrogens (tertiary/aromatic N) is 1. The minimum Gasteiger partial charge on any atom is -0.381 e. The lowest BCUT2D eigenvalue weighted by molar-refractivity contribution is 0.788. The highest BCUT2D eigenvalue weighted by atomic mass is 14.9. The van der Waals surface area contributed by atoms with Crippen molar-refractivity contribution in [3.63, 3.8) is 0 Å². The average molecular weight is 248 g/mol. The van der Waals surface area contributed by atoms with E-state index in [1.54, 1.807) is 0 Å². The largest absolute Gasteiger partial charge is 0.381 e. The van der Waals surface area contributed by atoms with Gasteiger partial charge in [0.2, 0.25) is 0 Å². The number of hydrogen-bond acceptors (Lipinski definition) is 2. The van der Waals surface area contributed by atoms with Gasteiger partial charge in [0.1, 0.15) is 0 Å². The number of fused-ring (bicyclic) bond motifs is 1. The van der Waals surface area contributed by atoms with Gasteiger partial charge in [0.25, 0.3) is 0 Å². The van der Waals surface area contributed by atoms with Crippen molar-refractivity contribution >= 4 is 6.08 Å². The summed E-state index contributed by atoms with van der Waals surface area (Å²) in [6, 6.07) is 8.40. The molecule has 3 rings (SSSR count). The Labute approximate surface area is 112 Å². The Balaban J connectivity index is 2.12. The van der Waals surface area contributed by atoms with Crippen LogP contribution in [0.15, 0.2) is 77.1 Å². The van der Waals surface area contributed by atoms with Gasteiger partial charge in [-0.25, -0.2) is 0 Å². The summed E-state index contributed by atoms with van der Waals surface area (Å²) in [4.78, 5) is 4.76. The fourth-order valence-corrected chi connectivity index (χ4v) is 2.32. The molecule has 2 heteroatoms. The summed E-state index contributed by atoms with van der Waals surface area (Å²) >= 11 is 0. The Morgan fingerprint density at radius 2 is 2.00 bits per heavy atom. The Hall–Kier alpha value is -2.35. The van der Waals surface area contributed by atoms with E-state index in [9.17, 15) is 0 Å². The van der Waals surface area contributed by atoms with Crippen LogP contribution in [0.2, 0.25) is 0 Å². The molecule has 1 aromatic rings. The summed E-state index contributed by atoms with van der Waals surface area (Å²) < 4.78 is 0. The zero-order valence-corrected chi connectivity index (χ0v) is 10.9. The number of rotatable bonds is 1. The molecule has 0 fully saturated rings. The van der Waals surface area contributed by atoms with Crippen LogP contribution in [0.5, 0.6) is 0 Å². The number of hydrogen-bond donors (Lipinski definition) is 1. The maximum atomic E-state index is 4.76. The molecular formula is C17H16N2. The monoisotopic (exact) mass is 248 g/mol. The van der Waals surface area contributed by atoms with Gasteiger partial charge in [0, 0.05) is 10.9 Å². The number of dihydropyridines is 1. The average Bonchev–Trinajstić information content (AvgIpc) is 2.44. The highest BCUT2D eigenvalue weighted by Gasteiger charge is 2.11. The van der Waals surface area contributed by atoms with E-state index >= 15 is 0 Å². The number of para-hydroxylation sites is 1. The van der Waals surface area contributed by atoms with Crippen molar-refractivity contribution in [2.75, 3.05) is 0 Å². The number of benzene rings is 1. The van der Waals surface area contributed by atoms with Crippen LogP contribution in [-0.4, -0.2) is 6.04 Å². The minimum absolute atomic E-state index is 0.198. The Morgan fingerprint density at radius 3 is 2.84 bits per heavy atom. The van der Waals surface area contributed by atoms with Gasteiger partial charge in [-0.1, -0.05) is 48.6 Å². The van der Waals surface area contributed by atoms with Gasteiger partial charge in [0.15, 0.2) is 0 Å². The van der Waals surface area contributed by atoms with E-state index in [2.05, 4.69) is 54.8 Å². The fraction of sp³-hybridized carbons (Fsp3) is 0.118. The van der Waals surface area contributed by atoms with E-state index in [-0.39, 0.29) is 6.04 Å². The molecule has 0 bridgehead atoms. The van der Waals surface area contributed by atoms with Gasteiger partial charge < -0.3 is 5.32 Å². The van der Waals surface area contributed by atoms with E-state index in [0.29, 0.717) is 0 Å². The molecule has 0 aromatic heterocycles. The lowest BCUT2D eigenvalue weighted by atomic mass is 10.0. The topological polar surface area (TPSA) is 24.4 Å². The van der Waals surface area contributed by atoms with E-state index in [0.717, 1.165) is 16.3 Å². The fourth-order valence-electron chi connectivity index (χ4n) is 2.32. The smallest absolute Gasteiger partial charge is 0.0713 e. The Morgan fingerprint density at radius 1 is 1.11 bits per heavy atom. The number of allylic oxidation sites excluding steroid dienone is 4. The lowest BCUT2D eigenvalue weighted by Crippen LogP contribution is -2.28. The van der Waals surface area contributed by atoms with Gasteiger partial charge in [-0.2, -0.15) is 0 Å². The Bertz CT molecular complexity index is 718. The van der Waals surface area contributed by atoms with Gasteiger partial charge >= 0.3 is 0 Å². The normalized spacial score (nSPS) is 29.8. The second kappa shape index (κ2) is 5.11. The van der Waals surface area contributed by atoms with E-state index < -0.39 is 0 Å². The molecule has 94 valence electrons. The molecule has 1 N–H and O–H groups in total. The summed E-state index contributed by atoms with van der Waals surface area (Å²) in [7, 11) is 0. The van der Waals surface area contributed by atoms with Crippen LogP contribution in [0.1, 0.15) is 6.92 Å². The van der Waals surface area contributed by atoms with Gasteiger partial charge in [-0.05, 0) is 30.8 Å². The molecule has 2 nitrogen and oxygen atoms in total. The molecule has 2 heterocycles. The molecule has 2 aliphatic rings. The van der Waals surface area contributed by atoms with Crippen LogP contribution in [-0.2, 0) is 0 Å². The third-order valence-electron chi connectivity index (χ3n) is 3.32. The molecule has 0 saturated heterocycles. The van der Waals surface area contributed by atoms with Crippen molar-refractivity contribution < 1.29 is 0 Å². The van der Waals surface area contributed by atoms with E-state index in [1.807, 2.05) is 24.4 Å². The second-order valence-electron chi connectivity index (χ2n) is 4.63. The minimum atomic E-state index is 0.198. The second-order valence-corrected chi connectivity index (χ2v) is 4.63. The predicted molar refractivity (Wildman–Crippen MR) is 78.7 cm³/mol. The van der Waals surface area contributed by atoms with E-state index in [1.165, 1.54) is 5.57 Å². The zero-order valence-electron chi connectivity index (χ0n) is 10.9. The molecule has 2 aliphatic heterocycles. The molecule has 0 radical (unpaired) electrons. The molecule has 1 unspecified atom stereocenters. The first kappa shape index (κ1) is 11.7. The van der Waals surface area contributed by atoms with Crippen molar-refractivity contribution in [2.24, 2.45) is 4.99 Å². The standard InChI is InChI=1S/C17H16N2/c1-13-15(17-11-4-5-12-18-17)9-6-8-14-7-2-3-10-16(14)19-13/h2-12,17-18H,1H3/b8-6?,9-6+,14-8-,15-9?,15-13+,19-13?,19-16+. The third-order valence-corrected chi connectivity index (χ3v) is 3.32. The molecule has 19 heavy (non-hydrogen) atoms. The van der Waals surface area contributed by atoms with Crippen LogP contribution in [0, 0.1) is 0 Å². The number of nitrogens with one attached hydrogen (secondary N) is 1. The van der Waals surface area contributed by atoms with Crippen molar-refractivity contribution in [3.05, 3.63) is 82.7 Å². The molecule has 1 atom stereocenters. The molecule has 0 spiro atoms. The molecule has 0 saturated carbocycles. The quantitative estimate of drug-likeness (QED) is 0.807. The molecular weight excluding hydrogens is 232 g/mol. The lowest BCUT2D eigenvalue weighted by Gasteiger charge is -2.18. The highest BCUT2D eigenvalue weighted by Crippen LogP contribution is 2.15. The summed E-state index contributed by atoms with van der Waals surface area (Å²) in [5.41, 5.74) is 2.25. The van der Waals surface area contributed by atoms with Gasteiger partial charge in [0.05, 0.1) is 11.4 Å². The van der Waals surface area contributed by atoms with Gasteiger partial charge in [-0.15, -0.1) is 0 Å². The molecule has 1 aromatic carbocycles.